The van der Waals surface area contributed by atoms with Crippen molar-refractivity contribution in [2.45, 2.75) is 45.1 Å². The zero-order valence-electron chi connectivity index (χ0n) is 12.4. The molecule has 0 spiro atoms. The van der Waals surface area contributed by atoms with Gasteiger partial charge in [0.25, 0.3) is 0 Å². The Kier molecular flexibility index (Phi) is 5.60. The molecule has 1 saturated carbocycles. The van der Waals surface area contributed by atoms with Gasteiger partial charge in [0.15, 0.2) is 0 Å². The van der Waals surface area contributed by atoms with Crippen molar-refractivity contribution in [3.63, 3.8) is 0 Å². The van der Waals surface area contributed by atoms with E-state index in [9.17, 15) is 4.79 Å². The summed E-state index contributed by atoms with van der Waals surface area (Å²) in [6.07, 6.45) is 5.45. The van der Waals surface area contributed by atoms with Crippen LogP contribution in [0, 0.1) is 5.92 Å². The Morgan fingerprint density at radius 1 is 1.35 bits per heavy atom. The van der Waals surface area contributed by atoms with E-state index in [1.54, 1.807) is 0 Å². The van der Waals surface area contributed by atoms with Gasteiger partial charge in [-0.2, -0.15) is 0 Å². The molecule has 3 nitrogen and oxygen atoms in total. The van der Waals surface area contributed by atoms with Crippen LogP contribution in [0.25, 0.3) is 0 Å². The van der Waals surface area contributed by atoms with Gasteiger partial charge in [-0.25, -0.2) is 0 Å². The highest BCUT2D eigenvalue weighted by atomic mass is 16.2. The highest BCUT2D eigenvalue weighted by molar-refractivity contribution is 5.81. The number of amides is 1. The molecule has 1 aromatic rings. The molecule has 20 heavy (non-hydrogen) atoms. The lowest BCUT2D eigenvalue weighted by Gasteiger charge is -2.33. The summed E-state index contributed by atoms with van der Waals surface area (Å²) in [5.41, 5.74) is 7.33. The third kappa shape index (κ3) is 4.07. The van der Waals surface area contributed by atoms with Crippen molar-refractivity contribution in [2.24, 2.45) is 11.7 Å². The summed E-state index contributed by atoms with van der Waals surface area (Å²) in [5, 5.41) is 0. The molecular weight excluding hydrogens is 248 g/mol. The van der Waals surface area contributed by atoms with E-state index < -0.39 is 0 Å². The van der Waals surface area contributed by atoms with Gasteiger partial charge in [0, 0.05) is 13.1 Å². The van der Waals surface area contributed by atoms with Crippen LogP contribution >= 0.6 is 0 Å². The van der Waals surface area contributed by atoms with Gasteiger partial charge >= 0.3 is 0 Å². The minimum absolute atomic E-state index is 0.121. The summed E-state index contributed by atoms with van der Waals surface area (Å²) in [4.78, 5) is 14.3. The maximum absolute atomic E-state index is 12.4. The third-order valence-electron chi connectivity index (χ3n) is 4.30. The maximum atomic E-state index is 12.4. The lowest BCUT2D eigenvalue weighted by molar-refractivity contribution is -0.133. The van der Waals surface area contributed by atoms with Crippen molar-refractivity contribution in [1.82, 2.24) is 4.90 Å². The van der Waals surface area contributed by atoms with Crippen LogP contribution in [0.5, 0.6) is 0 Å². The van der Waals surface area contributed by atoms with Crippen LogP contribution < -0.4 is 5.73 Å². The molecule has 2 N–H and O–H groups in total. The average Bonchev–Trinajstić information content (AvgIpc) is 2.44. The summed E-state index contributed by atoms with van der Waals surface area (Å²) in [6.45, 7) is 3.71. The minimum atomic E-state index is -0.366. The van der Waals surface area contributed by atoms with Crippen LogP contribution in [0.3, 0.4) is 0 Å². The SMILES string of the molecule is CCN(CC1CCC1)C(=O)C(N)CCc1ccccc1. The highest BCUT2D eigenvalue weighted by Crippen LogP contribution is 2.27. The second-order valence-corrected chi connectivity index (χ2v) is 5.80. The summed E-state index contributed by atoms with van der Waals surface area (Å²) < 4.78 is 0. The number of likely N-dealkylation sites (N-methyl/N-ethyl adjacent to an activating group) is 1. The van der Waals surface area contributed by atoms with Gasteiger partial charge in [-0.3, -0.25) is 4.79 Å². The van der Waals surface area contributed by atoms with E-state index in [0.29, 0.717) is 5.92 Å². The number of hydrogen-bond donors (Lipinski definition) is 1. The molecule has 1 amide bonds. The van der Waals surface area contributed by atoms with E-state index in [2.05, 4.69) is 12.1 Å². The molecule has 1 fully saturated rings. The molecule has 0 bridgehead atoms. The first-order chi connectivity index (χ1) is 9.70. The lowest BCUT2D eigenvalue weighted by Crippen LogP contribution is -2.46. The molecule has 1 unspecified atom stereocenters. The summed E-state index contributed by atoms with van der Waals surface area (Å²) >= 11 is 0. The maximum Gasteiger partial charge on any atom is 0.239 e. The molecule has 0 aromatic heterocycles. The second-order valence-electron chi connectivity index (χ2n) is 5.80. The molecule has 0 saturated heterocycles. The standard InChI is InChI=1S/C17H26N2O/c1-2-19(13-15-9-6-10-15)17(20)16(18)12-11-14-7-4-3-5-8-14/h3-5,7-8,15-16H,2,6,9-13,18H2,1H3. The van der Waals surface area contributed by atoms with E-state index in [1.165, 1.54) is 24.8 Å². The molecule has 1 aromatic carbocycles. The molecule has 0 aliphatic heterocycles. The number of nitrogens with zero attached hydrogens (tertiary/aromatic N) is 1. The van der Waals surface area contributed by atoms with Gasteiger partial charge < -0.3 is 10.6 Å². The smallest absolute Gasteiger partial charge is 0.239 e. The highest BCUT2D eigenvalue weighted by Gasteiger charge is 2.25. The van der Waals surface area contributed by atoms with Crippen molar-refractivity contribution in [2.75, 3.05) is 13.1 Å². The van der Waals surface area contributed by atoms with E-state index in [-0.39, 0.29) is 11.9 Å². The fourth-order valence-electron chi connectivity index (χ4n) is 2.69. The number of carbonyl (C=O) groups is 1. The Bertz CT molecular complexity index is 414. The quantitative estimate of drug-likeness (QED) is 0.830. The predicted octanol–water partition coefficient (Wildman–Crippen LogP) is 2.60. The number of aryl methyl sites for hydroxylation is 1. The zero-order chi connectivity index (χ0) is 14.4. The molecule has 1 atom stereocenters. The van der Waals surface area contributed by atoms with E-state index in [1.807, 2.05) is 30.0 Å². The largest absolute Gasteiger partial charge is 0.341 e. The van der Waals surface area contributed by atoms with Gasteiger partial charge in [0.05, 0.1) is 6.04 Å². The van der Waals surface area contributed by atoms with Crippen molar-refractivity contribution < 1.29 is 4.79 Å². The third-order valence-corrected chi connectivity index (χ3v) is 4.30. The van der Waals surface area contributed by atoms with Crippen LogP contribution in [0.15, 0.2) is 30.3 Å². The van der Waals surface area contributed by atoms with Crippen molar-refractivity contribution in [3.05, 3.63) is 35.9 Å². The molecular formula is C17H26N2O. The number of carbonyl (C=O) groups excluding carboxylic acids is 1. The van der Waals surface area contributed by atoms with Gasteiger partial charge in [0.1, 0.15) is 0 Å². The number of nitrogens with two attached hydrogens (primary N) is 1. The minimum Gasteiger partial charge on any atom is -0.341 e. The zero-order valence-corrected chi connectivity index (χ0v) is 12.4. The molecule has 3 heteroatoms. The van der Waals surface area contributed by atoms with Gasteiger partial charge in [-0.1, -0.05) is 36.8 Å². The molecule has 2 rings (SSSR count). The molecule has 0 heterocycles. The molecule has 0 radical (unpaired) electrons. The van der Waals surface area contributed by atoms with Crippen LogP contribution in [-0.2, 0) is 11.2 Å². The van der Waals surface area contributed by atoms with Gasteiger partial charge in [0.2, 0.25) is 5.91 Å². The lowest BCUT2D eigenvalue weighted by atomic mass is 9.85. The Morgan fingerprint density at radius 2 is 2.05 bits per heavy atom. The van der Waals surface area contributed by atoms with Crippen molar-refractivity contribution in [3.8, 4) is 0 Å². The summed E-state index contributed by atoms with van der Waals surface area (Å²) in [5.74, 6) is 0.829. The molecule has 1 aliphatic rings. The average molecular weight is 274 g/mol. The number of benzene rings is 1. The van der Waals surface area contributed by atoms with E-state index in [0.717, 1.165) is 25.9 Å². The monoisotopic (exact) mass is 274 g/mol. The Hall–Kier alpha value is -1.35. The van der Waals surface area contributed by atoms with Crippen molar-refractivity contribution >= 4 is 5.91 Å². The normalized spacial score (nSPS) is 16.5. The Morgan fingerprint density at radius 3 is 2.60 bits per heavy atom. The van der Waals surface area contributed by atoms with Crippen LogP contribution in [0.4, 0.5) is 0 Å². The first kappa shape index (κ1) is 15.0. The number of hydrogen-bond acceptors (Lipinski definition) is 2. The summed E-state index contributed by atoms with van der Waals surface area (Å²) in [7, 11) is 0. The molecule has 1 aliphatic carbocycles. The van der Waals surface area contributed by atoms with Crippen LogP contribution in [0.2, 0.25) is 0 Å². The van der Waals surface area contributed by atoms with E-state index in [4.69, 9.17) is 5.73 Å². The second kappa shape index (κ2) is 7.44. The first-order valence-electron chi connectivity index (χ1n) is 7.79. The van der Waals surface area contributed by atoms with Gasteiger partial charge in [-0.05, 0) is 44.1 Å². The Labute approximate surface area is 122 Å². The Balaban J connectivity index is 1.80. The van der Waals surface area contributed by atoms with Crippen molar-refractivity contribution in [1.29, 1.82) is 0 Å². The topological polar surface area (TPSA) is 46.3 Å². The number of rotatable bonds is 7. The predicted molar refractivity (Wildman–Crippen MR) is 82.3 cm³/mol. The van der Waals surface area contributed by atoms with E-state index >= 15 is 0 Å². The first-order valence-corrected chi connectivity index (χ1v) is 7.79. The van der Waals surface area contributed by atoms with Gasteiger partial charge in [-0.15, -0.1) is 0 Å². The van der Waals surface area contributed by atoms with Crippen LogP contribution in [-0.4, -0.2) is 29.9 Å². The van der Waals surface area contributed by atoms with Crippen LogP contribution in [0.1, 0.15) is 38.2 Å². The molecule has 110 valence electrons. The fraction of sp³-hybridized carbons (Fsp3) is 0.588. The summed E-state index contributed by atoms with van der Waals surface area (Å²) in [6, 6.07) is 9.86. The fourth-order valence-corrected chi connectivity index (χ4v) is 2.69.